The fraction of sp³-hybridized carbons (Fsp3) is 0.333. The number of furan rings is 1. The zero-order valence-corrected chi connectivity index (χ0v) is 12.7. The zero-order valence-electron chi connectivity index (χ0n) is 12.7. The van der Waals surface area contributed by atoms with E-state index in [0.717, 1.165) is 0 Å². The van der Waals surface area contributed by atoms with Crippen molar-refractivity contribution < 1.29 is 14.0 Å². The van der Waals surface area contributed by atoms with Gasteiger partial charge in [0, 0.05) is 51.6 Å². The van der Waals surface area contributed by atoms with Gasteiger partial charge >= 0.3 is 0 Å². The average Bonchev–Trinajstić information content (AvgIpc) is 3.03. The Morgan fingerprint density at radius 2 is 1.83 bits per heavy atom. The van der Waals surface area contributed by atoms with Crippen molar-refractivity contribution >= 4 is 23.6 Å². The number of amides is 2. The van der Waals surface area contributed by atoms with Crippen molar-refractivity contribution in [3.63, 3.8) is 0 Å². The van der Waals surface area contributed by atoms with Crippen LogP contribution in [0.15, 0.2) is 35.0 Å². The highest BCUT2D eigenvalue weighted by Crippen LogP contribution is 2.17. The summed E-state index contributed by atoms with van der Waals surface area (Å²) >= 11 is 0. The van der Waals surface area contributed by atoms with Gasteiger partial charge in [-0.1, -0.05) is 0 Å². The van der Waals surface area contributed by atoms with Crippen LogP contribution in [0.2, 0.25) is 0 Å². The molecule has 0 radical (unpaired) electrons. The Morgan fingerprint density at radius 3 is 2.48 bits per heavy atom. The van der Waals surface area contributed by atoms with E-state index in [0.29, 0.717) is 32.1 Å². The predicted molar refractivity (Wildman–Crippen MR) is 83.2 cm³/mol. The maximum absolute atomic E-state index is 12.4. The molecule has 1 saturated heterocycles. The smallest absolute Gasteiger partial charge is 0.289 e. The number of hydrogen-bond donors (Lipinski definition) is 1. The topological polar surface area (TPSA) is 91.6 Å². The lowest BCUT2D eigenvalue weighted by Crippen LogP contribution is -2.49. The summed E-state index contributed by atoms with van der Waals surface area (Å²) in [5.74, 6) is 0.742. The molecule has 3 heterocycles. The van der Waals surface area contributed by atoms with E-state index in [4.69, 9.17) is 4.42 Å². The fourth-order valence-corrected chi connectivity index (χ4v) is 2.41. The molecule has 8 heteroatoms. The molecular formula is C15H17N5O3. The average molecular weight is 315 g/mol. The van der Waals surface area contributed by atoms with Gasteiger partial charge in [-0.15, -0.1) is 0 Å². The first-order chi connectivity index (χ1) is 11.1. The quantitative estimate of drug-likeness (QED) is 0.908. The summed E-state index contributed by atoms with van der Waals surface area (Å²) in [5, 5.41) is 2.51. The third-order valence-corrected chi connectivity index (χ3v) is 3.52. The molecule has 2 aromatic rings. The molecule has 0 unspecified atom stereocenters. The molecule has 0 atom stereocenters. The Bertz CT molecular complexity index is 692. The Labute approximate surface area is 133 Å². The van der Waals surface area contributed by atoms with Crippen LogP contribution in [0.4, 0.5) is 11.8 Å². The molecule has 8 nitrogen and oxygen atoms in total. The van der Waals surface area contributed by atoms with Crippen LogP contribution in [0.1, 0.15) is 17.5 Å². The molecule has 1 fully saturated rings. The molecule has 0 aromatic carbocycles. The highest BCUT2D eigenvalue weighted by atomic mass is 16.4. The minimum absolute atomic E-state index is 0.185. The molecule has 0 aliphatic carbocycles. The molecule has 3 rings (SSSR count). The van der Waals surface area contributed by atoms with E-state index in [1.807, 2.05) is 4.90 Å². The summed E-state index contributed by atoms with van der Waals surface area (Å²) in [6.07, 6.45) is 3.40. The number of piperazine rings is 1. The van der Waals surface area contributed by atoms with Crippen molar-refractivity contribution in [1.82, 2.24) is 14.9 Å². The maximum Gasteiger partial charge on any atom is 0.289 e. The lowest BCUT2D eigenvalue weighted by atomic mass is 10.3. The van der Waals surface area contributed by atoms with Crippen molar-refractivity contribution in [2.45, 2.75) is 6.92 Å². The summed E-state index contributed by atoms with van der Waals surface area (Å²) in [7, 11) is 0. The molecule has 120 valence electrons. The second kappa shape index (κ2) is 6.47. The number of aromatic nitrogens is 2. The van der Waals surface area contributed by atoms with Crippen molar-refractivity contribution in [2.75, 3.05) is 36.4 Å². The van der Waals surface area contributed by atoms with Crippen LogP contribution in [0.25, 0.3) is 0 Å². The Morgan fingerprint density at radius 1 is 1.13 bits per heavy atom. The van der Waals surface area contributed by atoms with Gasteiger partial charge in [0.2, 0.25) is 11.9 Å². The first-order valence-corrected chi connectivity index (χ1v) is 7.32. The van der Waals surface area contributed by atoms with Crippen LogP contribution < -0.4 is 10.2 Å². The minimum atomic E-state index is -0.241. The van der Waals surface area contributed by atoms with Crippen LogP contribution in [0, 0.1) is 0 Å². The summed E-state index contributed by atoms with van der Waals surface area (Å²) in [5.41, 5.74) is 0. The lowest BCUT2D eigenvalue weighted by molar-refractivity contribution is -0.114. The summed E-state index contributed by atoms with van der Waals surface area (Å²) in [4.78, 5) is 35.6. The molecule has 2 amide bonds. The molecule has 23 heavy (non-hydrogen) atoms. The first-order valence-electron chi connectivity index (χ1n) is 7.32. The van der Waals surface area contributed by atoms with Gasteiger partial charge in [-0.05, 0) is 12.1 Å². The third kappa shape index (κ3) is 3.47. The number of carbonyl (C=O) groups is 2. The number of nitrogens with one attached hydrogen (secondary N) is 1. The Balaban J connectivity index is 1.60. The van der Waals surface area contributed by atoms with Crippen LogP contribution in [0.3, 0.4) is 0 Å². The molecule has 1 N–H and O–H groups in total. The second-order valence-electron chi connectivity index (χ2n) is 5.17. The van der Waals surface area contributed by atoms with Crippen LogP contribution in [-0.2, 0) is 4.79 Å². The summed E-state index contributed by atoms with van der Waals surface area (Å²) in [6.45, 7) is 3.83. The lowest BCUT2D eigenvalue weighted by Gasteiger charge is -2.34. The van der Waals surface area contributed by atoms with Gasteiger partial charge in [-0.2, -0.15) is 0 Å². The van der Waals surface area contributed by atoms with Gasteiger partial charge in [0.05, 0.1) is 0 Å². The van der Waals surface area contributed by atoms with E-state index in [2.05, 4.69) is 15.3 Å². The monoisotopic (exact) mass is 315 g/mol. The largest absolute Gasteiger partial charge is 0.435 e. The highest BCUT2D eigenvalue weighted by Gasteiger charge is 2.25. The Kier molecular flexibility index (Phi) is 4.22. The van der Waals surface area contributed by atoms with E-state index < -0.39 is 0 Å². The van der Waals surface area contributed by atoms with Gasteiger partial charge in [-0.3, -0.25) is 14.9 Å². The van der Waals surface area contributed by atoms with Gasteiger partial charge in [0.15, 0.2) is 11.6 Å². The van der Waals surface area contributed by atoms with Crippen molar-refractivity contribution in [3.8, 4) is 0 Å². The molecule has 0 saturated carbocycles. The number of carbonyl (C=O) groups excluding carboxylic acids is 2. The van der Waals surface area contributed by atoms with Gasteiger partial charge in [-0.25, -0.2) is 9.97 Å². The predicted octanol–water partition coefficient (Wildman–Crippen LogP) is 0.990. The van der Waals surface area contributed by atoms with E-state index >= 15 is 0 Å². The first kappa shape index (κ1) is 15.0. The highest BCUT2D eigenvalue weighted by molar-refractivity contribution is 5.93. The molecule has 1 aliphatic rings. The van der Waals surface area contributed by atoms with E-state index in [1.165, 1.54) is 6.92 Å². The van der Waals surface area contributed by atoms with Crippen molar-refractivity contribution in [2.24, 2.45) is 0 Å². The van der Waals surface area contributed by atoms with E-state index in [-0.39, 0.29) is 23.5 Å². The molecular weight excluding hydrogens is 298 g/mol. The fourth-order valence-electron chi connectivity index (χ4n) is 2.41. The number of nitrogens with zero attached hydrogens (tertiary/aromatic N) is 4. The Hall–Kier alpha value is -2.90. The number of rotatable bonds is 3. The summed E-state index contributed by atoms with van der Waals surface area (Å²) in [6, 6.07) is 4.91. The van der Waals surface area contributed by atoms with Crippen molar-refractivity contribution in [3.05, 3.63) is 36.4 Å². The van der Waals surface area contributed by atoms with Crippen LogP contribution >= 0.6 is 0 Å². The standard InChI is InChI=1S/C15H17N5O3/c1-11(21)18-13-4-3-12(23-13)14(22)19-7-9-20(10-8-19)15-16-5-2-6-17-15/h2-6H,7-10H2,1H3,(H,18,21). The number of hydrogen-bond acceptors (Lipinski definition) is 6. The van der Waals surface area contributed by atoms with Crippen molar-refractivity contribution in [1.29, 1.82) is 0 Å². The SMILES string of the molecule is CC(=O)Nc1ccc(C(=O)N2CCN(c3ncccn3)CC2)o1. The zero-order chi connectivity index (χ0) is 16.2. The van der Waals surface area contributed by atoms with Gasteiger partial charge in [0.25, 0.3) is 5.91 Å². The van der Waals surface area contributed by atoms with E-state index in [1.54, 1.807) is 35.5 Å². The van der Waals surface area contributed by atoms with Crippen LogP contribution in [-0.4, -0.2) is 52.9 Å². The van der Waals surface area contributed by atoms with E-state index in [9.17, 15) is 9.59 Å². The van der Waals surface area contributed by atoms with Gasteiger partial charge < -0.3 is 14.2 Å². The molecule has 1 aliphatic heterocycles. The maximum atomic E-state index is 12.4. The van der Waals surface area contributed by atoms with Crippen LogP contribution in [0.5, 0.6) is 0 Å². The number of anilines is 2. The minimum Gasteiger partial charge on any atom is -0.435 e. The second-order valence-corrected chi connectivity index (χ2v) is 5.17. The molecule has 0 spiro atoms. The third-order valence-electron chi connectivity index (χ3n) is 3.52. The summed E-state index contributed by atoms with van der Waals surface area (Å²) < 4.78 is 5.36. The van der Waals surface area contributed by atoms with Gasteiger partial charge in [0.1, 0.15) is 0 Å². The molecule has 2 aromatic heterocycles. The molecule has 0 bridgehead atoms. The normalized spacial score (nSPS) is 14.7.